The molecule has 0 aliphatic heterocycles. The van der Waals surface area contributed by atoms with Crippen LogP contribution in [0.25, 0.3) is 0 Å². The number of rotatable bonds is 8. The number of ether oxygens (including phenoxy) is 2. The minimum absolute atomic E-state index is 0.264. The number of phenols is 2. The molecule has 0 fully saturated rings. The van der Waals surface area contributed by atoms with Gasteiger partial charge in [0.1, 0.15) is 29.6 Å². The van der Waals surface area contributed by atoms with Crippen molar-refractivity contribution in [2.75, 3.05) is 20.3 Å². The molecule has 0 heterocycles. The molecule has 5 heteroatoms. The Morgan fingerprint density at radius 3 is 2.29 bits per heavy atom. The molecule has 0 aliphatic rings. The van der Waals surface area contributed by atoms with Crippen LogP contribution in [0, 0.1) is 27.7 Å². The molecule has 2 aromatic carbocycles. The standard InChI is InChI=1S/C23H33NO4/c1-13(2)18-11-20(25)14(3)10-21(18)28-9-8-24-12-19-17(6)22(26)15(4)16(5)23(19)27-7/h10-11,13,24-26H,8-9,12H2,1-7H3. The van der Waals surface area contributed by atoms with Crippen LogP contribution in [0.15, 0.2) is 12.1 Å². The molecule has 0 saturated carbocycles. The SMILES string of the molecule is COc1c(C)c(C)c(O)c(C)c1CNCCOc1cc(C)c(O)cc1C(C)C. The number of aromatic hydroxyl groups is 2. The maximum atomic E-state index is 10.3. The Kier molecular flexibility index (Phi) is 7.19. The van der Waals surface area contributed by atoms with Gasteiger partial charge >= 0.3 is 0 Å². The number of phenolic OH excluding ortho intramolecular Hbond substituents is 2. The molecule has 0 aromatic heterocycles. The normalized spacial score (nSPS) is 11.1. The van der Waals surface area contributed by atoms with E-state index in [1.807, 2.05) is 33.8 Å². The van der Waals surface area contributed by atoms with Crippen molar-refractivity contribution in [2.45, 2.75) is 54.0 Å². The lowest BCUT2D eigenvalue weighted by Crippen LogP contribution is -2.22. The number of benzene rings is 2. The zero-order valence-electron chi connectivity index (χ0n) is 18.1. The molecular formula is C23H33NO4. The Balaban J connectivity index is 2.03. The lowest BCUT2D eigenvalue weighted by atomic mass is 9.97. The Morgan fingerprint density at radius 1 is 1.00 bits per heavy atom. The summed E-state index contributed by atoms with van der Waals surface area (Å²) in [5.41, 5.74) is 5.42. The summed E-state index contributed by atoms with van der Waals surface area (Å²) in [4.78, 5) is 0. The van der Waals surface area contributed by atoms with Crippen molar-refractivity contribution in [3.8, 4) is 23.0 Å². The largest absolute Gasteiger partial charge is 0.508 e. The fourth-order valence-electron chi connectivity index (χ4n) is 3.37. The fourth-order valence-corrected chi connectivity index (χ4v) is 3.37. The van der Waals surface area contributed by atoms with Gasteiger partial charge in [0.15, 0.2) is 0 Å². The van der Waals surface area contributed by atoms with Crippen molar-refractivity contribution >= 4 is 0 Å². The molecule has 3 N–H and O–H groups in total. The van der Waals surface area contributed by atoms with E-state index in [1.54, 1.807) is 13.2 Å². The molecule has 28 heavy (non-hydrogen) atoms. The molecule has 0 atom stereocenters. The first-order valence-electron chi connectivity index (χ1n) is 9.71. The van der Waals surface area contributed by atoms with Gasteiger partial charge in [0, 0.05) is 24.2 Å². The number of methoxy groups -OCH3 is 1. The van der Waals surface area contributed by atoms with E-state index in [2.05, 4.69) is 19.2 Å². The third-order valence-corrected chi connectivity index (χ3v) is 5.33. The van der Waals surface area contributed by atoms with E-state index < -0.39 is 0 Å². The Bertz CT molecular complexity index is 843. The summed E-state index contributed by atoms with van der Waals surface area (Å²) in [6.45, 7) is 13.5. The van der Waals surface area contributed by atoms with Gasteiger partial charge in [-0.1, -0.05) is 13.8 Å². The minimum Gasteiger partial charge on any atom is -0.508 e. The lowest BCUT2D eigenvalue weighted by molar-refractivity contribution is 0.307. The van der Waals surface area contributed by atoms with Crippen LogP contribution in [0.3, 0.4) is 0 Å². The van der Waals surface area contributed by atoms with E-state index in [1.165, 1.54) is 0 Å². The highest BCUT2D eigenvalue weighted by atomic mass is 16.5. The molecule has 154 valence electrons. The maximum absolute atomic E-state index is 10.3. The average Bonchev–Trinajstić information content (AvgIpc) is 2.66. The van der Waals surface area contributed by atoms with Gasteiger partial charge in [-0.2, -0.15) is 0 Å². The molecule has 0 spiro atoms. The van der Waals surface area contributed by atoms with E-state index in [-0.39, 0.29) is 5.92 Å². The third kappa shape index (κ3) is 4.53. The summed E-state index contributed by atoms with van der Waals surface area (Å²) in [5, 5.41) is 23.7. The zero-order chi connectivity index (χ0) is 21.0. The van der Waals surface area contributed by atoms with Crippen LogP contribution in [-0.2, 0) is 6.54 Å². The van der Waals surface area contributed by atoms with E-state index in [9.17, 15) is 10.2 Å². The van der Waals surface area contributed by atoms with Crippen molar-refractivity contribution in [1.29, 1.82) is 0 Å². The van der Waals surface area contributed by atoms with Crippen LogP contribution in [0.5, 0.6) is 23.0 Å². The predicted molar refractivity (Wildman–Crippen MR) is 113 cm³/mol. The highest BCUT2D eigenvalue weighted by molar-refractivity contribution is 5.57. The number of aryl methyl sites for hydroxylation is 1. The third-order valence-electron chi connectivity index (χ3n) is 5.33. The van der Waals surface area contributed by atoms with E-state index in [0.29, 0.717) is 31.2 Å². The average molecular weight is 388 g/mol. The Morgan fingerprint density at radius 2 is 1.68 bits per heavy atom. The molecule has 0 bridgehead atoms. The summed E-state index contributed by atoms with van der Waals surface area (Å²) in [7, 11) is 1.66. The molecule has 5 nitrogen and oxygen atoms in total. The van der Waals surface area contributed by atoms with Gasteiger partial charge in [-0.15, -0.1) is 0 Å². The molecule has 0 aliphatic carbocycles. The van der Waals surface area contributed by atoms with Crippen LogP contribution in [0.4, 0.5) is 0 Å². The summed E-state index contributed by atoms with van der Waals surface area (Å²) in [5.74, 6) is 2.51. The van der Waals surface area contributed by atoms with Crippen molar-refractivity contribution in [2.24, 2.45) is 0 Å². The van der Waals surface area contributed by atoms with Gasteiger partial charge in [-0.25, -0.2) is 0 Å². The summed E-state index contributed by atoms with van der Waals surface area (Å²) in [6.07, 6.45) is 0. The van der Waals surface area contributed by atoms with E-state index in [0.717, 1.165) is 44.9 Å². The second-order valence-electron chi connectivity index (χ2n) is 7.59. The fraction of sp³-hybridized carbons (Fsp3) is 0.478. The van der Waals surface area contributed by atoms with Crippen molar-refractivity contribution < 1.29 is 19.7 Å². The van der Waals surface area contributed by atoms with Crippen LogP contribution >= 0.6 is 0 Å². The molecule has 2 rings (SSSR count). The minimum atomic E-state index is 0.264. The maximum Gasteiger partial charge on any atom is 0.127 e. The van der Waals surface area contributed by atoms with Gasteiger partial charge in [-0.3, -0.25) is 0 Å². The number of hydrogen-bond acceptors (Lipinski definition) is 5. The first kappa shape index (κ1) is 21.9. The first-order chi connectivity index (χ1) is 13.2. The topological polar surface area (TPSA) is 71.0 Å². The van der Waals surface area contributed by atoms with Crippen molar-refractivity contribution in [3.05, 3.63) is 45.5 Å². The van der Waals surface area contributed by atoms with Gasteiger partial charge in [0.2, 0.25) is 0 Å². The first-order valence-corrected chi connectivity index (χ1v) is 9.71. The molecule has 0 amide bonds. The highest BCUT2D eigenvalue weighted by Crippen LogP contribution is 2.37. The molecule has 0 unspecified atom stereocenters. The van der Waals surface area contributed by atoms with Crippen LogP contribution in [0.2, 0.25) is 0 Å². The number of hydrogen-bond donors (Lipinski definition) is 3. The summed E-state index contributed by atoms with van der Waals surface area (Å²) >= 11 is 0. The Hall–Kier alpha value is -2.40. The van der Waals surface area contributed by atoms with Gasteiger partial charge in [0.05, 0.1) is 7.11 Å². The second kappa shape index (κ2) is 9.20. The van der Waals surface area contributed by atoms with Crippen LogP contribution in [-0.4, -0.2) is 30.5 Å². The highest BCUT2D eigenvalue weighted by Gasteiger charge is 2.17. The number of nitrogens with one attached hydrogen (secondary N) is 1. The van der Waals surface area contributed by atoms with E-state index >= 15 is 0 Å². The smallest absolute Gasteiger partial charge is 0.127 e. The van der Waals surface area contributed by atoms with Crippen molar-refractivity contribution in [1.82, 2.24) is 5.32 Å². The Labute approximate surface area is 168 Å². The molecular weight excluding hydrogens is 354 g/mol. The lowest BCUT2D eigenvalue weighted by Gasteiger charge is -2.19. The molecule has 0 saturated heterocycles. The van der Waals surface area contributed by atoms with Gasteiger partial charge < -0.3 is 25.0 Å². The molecule has 2 aromatic rings. The van der Waals surface area contributed by atoms with Gasteiger partial charge in [-0.05, 0) is 68.0 Å². The second-order valence-corrected chi connectivity index (χ2v) is 7.59. The van der Waals surface area contributed by atoms with Crippen molar-refractivity contribution in [3.63, 3.8) is 0 Å². The summed E-state index contributed by atoms with van der Waals surface area (Å²) < 4.78 is 11.6. The van der Waals surface area contributed by atoms with Gasteiger partial charge in [0.25, 0.3) is 0 Å². The summed E-state index contributed by atoms with van der Waals surface area (Å²) in [6, 6.07) is 3.67. The monoisotopic (exact) mass is 387 g/mol. The molecule has 0 radical (unpaired) electrons. The van der Waals surface area contributed by atoms with Crippen LogP contribution < -0.4 is 14.8 Å². The van der Waals surface area contributed by atoms with E-state index in [4.69, 9.17) is 9.47 Å². The quantitative estimate of drug-likeness (QED) is 0.576. The van der Waals surface area contributed by atoms with Crippen LogP contribution in [0.1, 0.15) is 53.1 Å². The predicted octanol–water partition coefficient (Wildman–Crippen LogP) is 4.63. The zero-order valence-corrected chi connectivity index (χ0v) is 18.1.